The lowest BCUT2D eigenvalue weighted by Gasteiger charge is -2.14. The van der Waals surface area contributed by atoms with E-state index in [4.69, 9.17) is 11.6 Å². The van der Waals surface area contributed by atoms with Gasteiger partial charge in [0.05, 0.1) is 0 Å². The van der Waals surface area contributed by atoms with Crippen molar-refractivity contribution in [1.82, 2.24) is 0 Å². The third kappa shape index (κ3) is 3.63. The van der Waals surface area contributed by atoms with Crippen LogP contribution in [0.1, 0.15) is 37.7 Å². The molecule has 0 aliphatic carbocycles. The van der Waals surface area contributed by atoms with Gasteiger partial charge in [0, 0.05) is 6.42 Å². The van der Waals surface area contributed by atoms with Gasteiger partial charge in [-0.25, -0.2) is 4.39 Å². The van der Waals surface area contributed by atoms with Gasteiger partial charge in [-0.3, -0.25) is 4.79 Å². The van der Waals surface area contributed by atoms with Crippen LogP contribution in [0.3, 0.4) is 0 Å². The summed E-state index contributed by atoms with van der Waals surface area (Å²) in [5, 5.41) is -0.406. The average molecular weight is 229 g/mol. The fourth-order valence-corrected chi connectivity index (χ4v) is 1.90. The van der Waals surface area contributed by atoms with Crippen LogP contribution in [0.4, 0.5) is 4.39 Å². The Morgan fingerprint density at radius 1 is 1.47 bits per heavy atom. The molecule has 15 heavy (non-hydrogen) atoms. The zero-order valence-corrected chi connectivity index (χ0v) is 9.43. The van der Waals surface area contributed by atoms with Gasteiger partial charge in [-0.05, 0) is 35.6 Å². The molecule has 1 atom stereocenters. The second-order valence-corrected chi connectivity index (χ2v) is 3.99. The maximum absolute atomic E-state index is 13.5. The lowest BCUT2D eigenvalue weighted by atomic mass is 9.91. The van der Waals surface area contributed by atoms with Crippen LogP contribution < -0.4 is 0 Å². The molecular formula is C12H14ClFO. The first-order valence-electron chi connectivity index (χ1n) is 5.08. The highest BCUT2D eigenvalue weighted by Crippen LogP contribution is 2.27. The molecule has 1 nitrogen and oxygen atoms in total. The standard InChI is InChI=1S/C12H14ClFO/c1-2-5-9(8-12(13)15)10-6-3-4-7-11(10)14/h3-4,6-7,9H,2,5,8H2,1H3. The SMILES string of the molecule is CCCC(CC(=O)Cl)c1ccccc1F. The monoisotopic (exact) mass is 228 g/mol. The van der Waals surface area contributed by atoms with Crippen molar-refractivity contribution in [3.63, 3.8) is 0 Å². The first kappa shape index (κ1) is 12.2. The van der Waals surface area contributed by atoms with E-state index < -0.39 is 5.24 Å². The summed E-state index contributed by atoms with van der Waals surface area (Å²) in [4.78, 5) is 10.9. The molecule has 1 aromatic carbocycles. The molecule has 0 fully saturated rings. The molecule has 0 heterocycles. The fraction of sp³-hybridized carbons (Fsp3) is 0.417. The van der Waals surface area contributed by atoms with Crippen molar-refractivity contribution in [2.45, 2.75) is 32.1 Å². The minimum absolute atomic E-state index is 0.0961. The summed E-state index contributed by atoms with van der Waals surface area (Å²) in [5.74, 6) is -0.352. The van der Waals surface area contributed by atoms with Crippen LogP contribution in [0, 0.1) is 5.82 Å². The third-order valence-corrected chi connectivity index (χ3v) is 2.54. The summed E-state index contributed by atoms with van der Waals surface area (Å²) < 4.78 is 13.5. The molecule has 0 aliphatic heterocycles. The predicted molar refractivity (Wildman–Crippen MR) is 59.5 cm³/mol. The van der Waals surface area contributed by atoms with E-state index in [9.17, 15) is 9.18 Å². The van der Waals surface area contributed by atoms with Crippen LogP contribution in [0.25, 0.3) is 0 Å². The predicted octanol–water partition coefficient (Wildman–Crippen LogP) is 3.86. The van der Waals surface area contributed by atoms with E-state index in [0.717, 1.165) is 12.8 Å². The summed E-state index contributed by atoms with van der Waals surface area (Å²) in [7, 11) is 0. The molecule has 3 heteroatoms. The molecule has 0 bridgehead atoms. The van der Waals surface area contributed by atoms with E-state index in [2.05, 4.69) is 0 Å². The van der Waals surface area contributed by atoms with Crippen LogP contribution in [0.5, 0.6) is 0 Å². The number of carbonyl (C=O) groups is 1. The van der Waals surface area contributed by atoms with E-state index in [0.29, 0.717) is 5.56 Å². The van der Waals surface area contributed by atoms with Crippen molar-refractivity contribution in [2.75, 3.05) is 0 Å². The van der Waals surface area contributed by atoms with Gasteiger partial charge >= 0.3 is 0 Å². The molecule has 1 rings (SSSR count). The second kappa shape index (κ2) is 5.86. The lowest BCUT2D eigenvalue weighted by molar-refractivity contribution is -0.112. The van der Waals surface area contributed by atoms with Crippen molar-refractivity contribution in [2.24, 2.45) is 0 Å². The van der Waals surface area contributed by atoms with E-state index in [1.54, 1.807) is 18.2 Å². The zero-order valence-electron chi connectivity index (χ0n) is 8.67. The van der Waals surface area contributed by atoms with Gasteiger partial charge in [0.2, 0.25) is 5.24 Å². The van der Waals surface area contributed by atoms with Crippen LogP contribution in [0.15, 0.2) is 24.3 Å². The summed E-state index contributed by atoms with van der Waals surface area (Å²) in [6.45, 7) is 2.01. The Hall–Kier alpha value is -0.890. The summed E-state index contributed by atoms with van der Waals surface area (Å²) in [6, 6.07) is 6.55. The first-order chi connectivity index (χ1) is 7.15. The molecule has 1 aromatic rings. The van der Waals surface area contributed by atoms with E-state index in [1.165, 1.54) is 6.07 Å². The Labute approximate surface area is 94.3 Å². The number of rotatable bonds is 5. The van der Waals surface area contributed by atoms with E-state index in [-0.39, 0.29) is 18.2 Å². The summed E-state index contributed by atoms with van der Waals surface area (Å²) >= 11 is 5.35. The Morgan fingerprint density at radius 2 is 2.13 bits per heavy atom. The molecule has 0 radical (unpaired) electrons. The van der Waals surface area contributed by atoms with Crippen molar-refractivity contribution >= 4 is 16.8 Å². The average Bonchev–Trinajstić information content (AvgIpc) is 2.17. The van der Waals surface area contributed by atoms with Gasteiger partial charge in [-0.1, -0.05) is 31.5 Å². The van der Waals surface area contributed by atoms with Crippen LogP contribution in [0.2, 0.25) is 0 Å². The first-order valence-corrected chi connectivity index (χ1v) is 5.45. The lowest BCUT2D eigenvalue weighted by Crippen LogP contribution is -2.05. The van der Waals surface area contributed by atoms with Crippen LogP contribution in [-0.4, -0.2) is 5.24 Å². The Kier molecular flexibility index (Phi) is 4.76. The number of hydrogen-bond donors (Lipinski definition) is 0. The highest BCUT2D eigenvalue weighted by atomic mass is 35.5. The number of benzene rings is 1. The van der Waals surface area contributed by atoms with E-state index in [1.807, 2.05) is 6.92 Å². The molecule has 0 saturated heterocycles. The fourth-order valence-electron chi connectivity index (χ4n) is 1.72. The smallest absolute Gasteiger partial charge is 0.222 e. The number of halogens is 2. The minimum atomic E-state index is -0.406. The van der Waals surface area contributed by atoms with Gasteiger partial charge < -0.3 is 0 Å². The maximum Gasteiger partial charge on any atom is 0.222 e. The quantitative estimate of drug-likeness (QED) is 0.700. The highest BCUT2D eigenvalue weighted by Gasteiger charge is 2.17. The maximum atomic E-state index is 13.5. The number of carbonyl (C=O) groups excluding carboxylic acids is 1. The van der Waals surface area contributed by atoms with Crippen LogP contribution >= 0.6 is 11.6 Å². The van der Waals surface area contributed by atoms with Gasteiger partial charge in [0.15, 0.2) is 0 Å². The molecule has 1 unspecified atom stereocenters. The number of hydrogen-bond acceptors (Lipinski definition) is 1. The minimum Gasteiger partial charge on any atom is -0.281 e. The zero-order chi connectivity index (χ0) is 11.3. The summed E-state index contributed by atoms with van der Waals surface area (Å²) in [6.07, 6.45) is 1.89. The van der Waals surface area contributed by atoms with Gasteiger partial charge in [-0.2, -0.15) is 0 Å². The molecule has 0 aromatic heterocycles. The Bertz CT molecular complexity index is 338. The molecule has 0 saturated carbocycles. The van der Waals surface area contributed by atoms with Crippen molar-refractivity contribution < 1.29 is 9.18 Å². The molecule has 0 spiro atoms. The largest absolute Gasteiger partial charge is 0.281 e. The van der Waals surface area contributed by atoms with Crippen LogP contribution in [-0.2, 0) is 4.79 Å². The van der Waals surface area contributed by atoms with Gasteiger partial charge in [-0.15, -0.1) is 0 Å². The molecule has 0 amide bonds. The Morgan fingerprint density at radius 3 is 2.67 bits per heavy atom. The van der Waals surface area contributed by atoms with Gasteiger partial charge in [0.25, 0.3) is 0 Å². The Balaban J connectivity index is 2.88. The molecule has 0 N–H and O–H groups in total. The van der Waals surface area contributed by atoms with Crippen molar-refractivity contribution in [3.05, 3.63) is 35.6 Å². The molecule has 0 aliphatic rings. The topological polar surface area (TPSA) is 17.1 Å². The third-order valence-electron chi connectivity index (χ3n) is 2.39. The molecular weight excluding hydrogens is 215 g/mol. The second-order valence-electron chi connectivity index (χ2n) is 3.57. The van der Waals surface area contributed by atoms with Gasteiger partial charge in [0.1, 0.15) is 5.82 Å². The molecule has 82 valence electrons. The van der Waals surface area contributed by atoms with Crippen molar-refractivity contribution in [3.8, 4) is 0 Å². The summed E-state index contributed by atoms with van der Waals surface area (Å²) in [5.41, 5.74) is 0.591. The van der Waals surface area contributed by atoms with E-state index >= 15 is 0 Å². The van der Waals surface area contributed by atoms with Crippen molar-refractivity contribution in [1.29, 1.82) is 0 Å². The normalized spacial score (nSPS) is 12.5. The highest BCUT2D eigenvalue weighted by molar-refractivity contribution is 6.63.